The summed E-state index contributed by atoms with van der Waals surface area (Å²) in [5, 5.41) is 0.676. The van der Waals surface area contributed by atoms with E-state index in [1.54, 1.807) is 0 Å². The third kappa shape index (κ3) is 2.40. The molecule has 5 heteroatoms. The van der Waals surface area contributed by atoms with Crippen LogP contribution in [-0.4, -0.2) is 20.6 Å². The van der Waals surface area contributed by atoms with Crippen LogP contribution in [-0.2, 0) is 6.54 Å². The molecule has 0 radical (unpaired) electrons. The van der Waals surface area contributed by atoms with Crippen LogP contribution in [0.15, 0.2) is 18.2 Å². The van der Waals surface area contributed by atoms with Crippen molar-refractivity contribution >= 4 is 40.3 Å². The predicted molar refractivity (Wildman–Crippen MR) is 88.5 cm³/mol. The zero-order chi connectivity index (χ0) is 14.2. The number of nitrogens with zero attached hydrogens (tertiary/aromatic N) is 2. The number of thioether (sulfide) groups is 1. The molecular weight excluding hydrogens is 290 g/mol. The minimum absolute atomic E-state index is 0.294. The maximum absolute atomic E-state index is 6.22. The van der Waals surface area contributed by atoms with Gasteiger partial charge in [-0.15, -0.1) is 0 Å². The van der Waals surface area contributed by atoms with Crippen LogP contribution in [0.25, 0.3) is 11.0 Å². The van der Waals surface area contributed by atoms with Crippen molar-refractivity contribution in [1.29, 1.82) is 0 Å². The van der Waals surface area contributed by atoms with Crippen molar-refractivity contribution in [3.63, 3.8) is 0 Å². The molecule has 1 saturated carbocycles. The highest BCUT2D eigenvalue weighted by atomic mass is 35.5. The smallest absolute Gasteiger partial charge is 0.201 e. The second-order valence-corrected chi connectivity index (χ2v) is 7.29. The fraction of sp³-hybridized carbons (Fsp3) is 0.533. The quantitative estimate of drug-likeness (QED) is 0.917. The van der Waals surface area contributed by atoms with E-state index in [0.29, 0.717) is 15.7 Å². The Balaban J connectivity index is 2.01. The lowest BCUT2D eigenvalue weighted by molar-refractivity contribution is 0.363. The normalized spacial score (nSPS) is 18.5. The van der Waals surface area contributed by atoms with E-state index in [-0.39, 0.29) is 0 Å². The van der Waals surface area contributed by atoms with Crippen molar-refractivity contribution in [1.82, 2.24) is 9.55 Å². The molecule has 3 rings (SSSR count). The molecule has 0 spiro atoms. The molecule has 0 atom stereocenters. The van der Waals surface area contributed by atoms with E-state index < -0.39 is 0 Å². The van der Waals surface area contributed by atoms with Gasteiger partial charge in [0.25, 0.3) is 0 Å². The first-order valence-corrected chi connectivity index (χ1v) is 8.71. The summed E-state index contributed by atoms with van der Waals surface area (Å²) in [5.41, 5.74) is 8.01. The van der Waals surface area contributed by atoms with Crippen LogP contribution in [0.2, 0.25) is 5.02 Å². The number of nitrogens with two attached hydrogens (primary N) is 1. The second kappa shape index (κ2) is 5.49. The minimum Gasteiger partial charge on any atom is -0.369 e. The molecule has 2 aromatic rings. The van der Waals surface area contributed by atoms with Crippen LogP contribution in [0, 0.1) is 0 Å². The number of anilines is 1. The molecule has 0 amide bonds. The van der Waals surface area contributed by atoms with Gasteiger partial charge in [0.15, 0.2) is 0 Å². The second-order valence-electron chi connectivity index (χ2n) is 5.61. The number of halogens is 1. The van der Waals surface area contributed by atoms with E-state index in [4.69, 9.17) is 17.3 Å². The Kier molecular flexibility index (Phi) is 3.87. The molecule has 0 bridgehead atoms. The van der Waals surface area contributed by atoms with Gasteiger partial charge in [0.1, 0.15) is 5.52 Å². The summed E-state index contributed by atoms with van der Waals surface area (Å²) in [5.74, 6) is 0.576. The molecule has 20 heavy (non-hydrogen) atoms. The van der Waals surface area contributed by atoms with Crippen molar-refractivity contribution in [2.75, 3.05) is 12.0 Å². The van der Waals surface area contributed by atoms with Crippen molar-refractivity contribution < 1.29 is 0 Å². The first-order chi connectivity index (χ1) is 9.65. The topological polar surface area (TPSA) is 43.8 Å². The van der Waals surface area contributed by atoms with Crippen LogP contribution < -0.4 is 5.73 Å². The molecule has 2 N–H and O–H groups in total. The standard InChI is InChI=1S/C15H20ClN3S/c1-20-15(8-3-2-4-9-15)10-19-12-7-5-6-11(16)13(12)18-14(19)17/h5-7H,2-4,8-10H2,1H3,(H2,17,18). The molecule has 1 aliphatic rings. The fourth-order valence-corrected chi connectivity index (χ4v) is 4.37. The predicted octanol–water partition coefficient (Wildman–Crippen LogP) is 4.34. The summed E-state index contributed by atoms with van der Waals surface area (Å²) in [6.07, 6.45) is 8.71. The number of hydrogen-bond acceptors (Lipinski definition) is 3. The lowest BCUT2D eigenvalue weighted by Crippen LogP contribution is -2.33. The number of aromatic nitrogens is 2. The summed E-state index contributed by atoms with van der Waals surface area (Å²) in [7, 11) is 0. The lowest BCUT2D eigenvalue weighted by Gasteiger charge is -2.36. The van der Waals surface area contributed by atoms with Gasteiger partial charge in [0.05, 0.1) is 10.5 Å². The van der Waals surface area contributed by atoms with E-state index in [9.17, 15) is 0 Å². The lowest BCUT2D eigenvalue weighted by atomic mass is 9.88. The van der Waals surface area contributed by atoms with Gasteiger partial charge in [-0.05, 0) is 31.2 Å². The van der Waals surface area contributed by atoms with Gasteiger partial charge in [-0.1, -0.05) is 36.9 Å². The van der Waals surface area contributed by atoms with Gasteiger partial charge in [-0.3, -0.25) is 0 Å². The molecule has 108 valence electrons. The molecule has 3 nitrogen and oxygen atoms in total. The third-order valence-electron chi connectivity index (χ3n) is 4.40. The summed E-state index contributed by atoms with van der Waals surface area (Å²) in [4.78, 5) is 4.44. The number of rotatable bonds is 3. The summed E-state index contributed by atoms with van der Waals surface area (Å²) in [6, 6.07) is 5.89. The van der Waals surface area contributed by atoms with E-state index in [0.717, 1.165) is 17.6 Å². The number of imidazole rings is 1. The van der Waals surface area contributed by atoms with Gasteiger partial charge in [-0.2, -0.15) is 11.8 Å². The number of nitrogen functional groups attached to an aromatic ring is 1. The van der Waals surface area contributed by atoms with Gasteiger partial charge in [0, 0.05) is 11.3 Å². The van der Waals surface area contributed by atoms with Crippen LogP contribution >= 0.6 is 23.4 Å². The van der Waals surface area contributed by atoms with Gasteiger partial charge < -0.3 is 10.3 Å². The molecular formula is C15H20ClN3S. The maximum atomic E-state index is 6.22. The van der Waals surface area contributed by atoms with Crippen LogP contribution in [0.4, 0.5) is 5.95 Å². The largest absolute Gasteiger partial charge is 0.369 e. The van der Waals surface area contributed by atoms with Crippen LogP contribution in [0.5, 0.6) is 0 Å². The third-order valence-corrected chi connectivity index (χ3v) is 6.11. The molecule has 0 aliphatic heterocycles. The highest BCUT2D eigenvalue weighted by Crippen LogP contribution is 2.41. The van der Waals surface area contributed by atoms with Crippen molar-refractivity contribution in [2.24, 2.45) is 0 Å². The zero-order valence-electron chi connectivity index (χ0n) is 11.7. The Morgan fingerprint density at radius 1 is 1.35 bits per heavy atom. The average molecular weight is 310 g/mol. The monoisotopic (exact) mass is 309 g/mol. The first kappa shape index (κ1) is 14.1. The van der Waals surface area contributed by atoms with Gasteiger partial charge in [0.2, 0.25) is 5.95 Å². The van der Waals surface area contributed by atoms with Crippen LogP contribution in [0.1, 0.15) is 32.1 Å². The number of para-hydroxylation sites is 1. The molecule has 1 heterocycles. The van der Waals surface area contributed by atoms with E-state index in [2.05, 4.69) is 21.9 Å². The zero-order valence-corrected chi connectivity index (χ0v) is 13.3. The average Bonchev–Trinajstić information content (AvgIpc) is 2.78. The summed E-state index contributed by atoms with van der Waals surface area (Å²) >= 11 is 8.19. The molecule has 1 aromatic carbocycles. The first-order valence-electron chi connectivity index (χ1n) is 7.11. The highest BCUT2D eigenvalue weighted by Gasteiger charge is 2.32. The number of fused-ring (bicyclic) bond motifs is 1. The SMILES string of the molecule is CSC1(Cn2c(N)nc3c(Cl)cccc32)CCCCC1. The minimum atomic E-state index is 0.294. The molecule has 1 aromatic heterocycles. The Labute approximate surface area is 128 Å². The summed E-state index contributed by atoms with van der Waals surface area (Å²) < 4.78 is 2.44. The Bertz CT molecular complexity index is 617. The van der Waals surface area contributed by atoms with E-state index in [1.807, 2.05) is 23.9 Å². The summed E-state index contributed by atoms with van der Waals surface area (Å²) in [6.45, 7) is 0.927. The maximum Gasteiger partial charge on any atom is 0.201 e. The Morgan fingerprint density at radius 2 is 2.10 bits per heavy atom. The Hall–Kier alpha value is -0.870. The molecule has 0 saturated heterocycles. The van der Waals surface area contributed by atoms with E-state index >= 15 is 0 Å². The molecule has 1 fully saturated rings. The highest BCUT2D eigenvalue weighted by molar-refractivity contribution is 8.00. The van der Waals surface area contributed by atoms with Gasteiger partial charge >= 0.3 is 0 Å². The van der Waals surface area contributed by atoms with Crippen LogP contribution in [0.3, 0.4) is 0 Å². The van der Waals surface area contributed by atoms with Crippen molar-refractivity contribution in [2.45, 2.75) is 43.4 Å². The number of benzene rings is 1. The fourth-order valence-electron chi connectivity index (χ4n) is 3.21. The van der Waals surface area contributed by atoms with Crippen molar-refractivity contribution in [3.05, 3.63) is 23.2 Å². The van der Waals surface area contributed by atoms with Gasteiger partial charge in [-0.25, -0.2) is 4.98 Å². The molecule has 1 aliphatic carbocycles. The van der Waals surface area contributed by atoms with Crippen molar-refractivity contribution in [3.8, 4) is 0 Å². The molecule has 0 unspecified atom stereocenters. The Morgan fingerprint density at radius 3 is 2.80 bits per heavy atom. The number of hydrogen-bond donors (Lipinski definition) is 1. The van der Waals surface area contributed by atoms with E-state index in [1.165, 1.54) is 32.1 Å².